The summed E-state index contributed by atoms with van der Waals surface area (Å²) in [6.45, 7) is 5.95. The molecule has 0 saturated carbocycles. The molecule has 0 amide bonds. The number of aliphatic hydroxyl groups is 1. The van der Waals surface area contributed by atoms with Gasteiger partial charge in [-0.2, -0.15) is 0 Å². The molecular formula is C21H30ClNO8. The highest BCUT2D eigenvalue weighted by Gasteiger charge is 2.52. The number of ketones is 1. The molecule has 1 saturated heterocycles. The van der Waals surface area contributed by atoms with Crippen LogP contribution >= 0.6 is 11.6 Å². The van der Waals surface area contributed by atoms with Crippen molar-refractivity contribution >= 4 is 35.3 Å². The van der Waals surface area contributed by atoms with Gasteiger partial charge in [0.05, 0.1) is 5.38 Å². The van der Waals surface area contributed by atoms with E-state index in [4.69, 9.17) is 25.8 Å². The molecule has 31 heavy (non-hydrogen) atoms. The van der Waals surface area contributed by atoms with Crippen LogP contribution in [0.4, 0.5) is 0 Å². The number of hydrogen-bond donors (Lipinski definition) is 1. The second-order valence-electron chi connectivity index (χ2n) is 8.46. The van der Waals surface area contributed by atoms with Gasteiger partial charge in [-0.25, -0.2) is 9.59 Å². The predicted octanol–water partition coefficient (Wildman–Crippen LogP) is 0.992. The van der Waals surface area contributed by atoms with Crippen LogP contribution in [0.25, 0.3) is 0 Å². The summed E-state index contributed by atoms with van der Waals surface area (Å²) < 4.78 is 16.1. The van der Waals surface area contributed by atoms with Crippen molar-refractivity contribution in [1.82, 2.24) is 4.90 Å². The van der Waals surface area contributed by atoms with E-state index < -0.39 is 52.3 Å². The summed E-state index contributed by atoms with van der Waals surface area (Å²) in [6.07, 6.45) is 0.292. The van der Waals surface area contributed by atoms with E-state index in [1.54, 1.807) is 6.08 Å². The van der Waals surface area contributed by atoms with Gasteiger partial charge in [-0.05, 0) is 27.3 Å². The zero-order valence-electron chi connectivity index (χ0n) is 18.5. The topological polar surface area (TPSA) is 119 Å². The zero-order chi connectivity index (χ0) is 23.6. The van der Waals surface area contributed by atoms with Crippen LogP contribution in [0.5, 0.6) is 0 Å². The van der Waals surface area contributed by atoms with Crippen LogP contribution in [-0.4, -0.2) is 83.1 Å². The monoisotopic (exact) mass is 459 g/mol. The fraction of sp³-hybridized carbons (Fsp3) is 0.714. The Labute approximate surface area is 186 Å². The number of halogens is 1. The fourth-order valence-electron chi connectivity index (χ4n) is 3.61. The van der Waals surface area contributed by atoms with Gasteiger partial charge in [0.15, 0.2) is 11.7 Å². The van der Waals surface area contributed by atoms with E-state index in [1.807, 2.05) is 11.9 Å². The van der Waals surface area contributed by atoms with E-state index in [0.29, 0.717) is 13.1 Å². The molecule has 0 radical (unpaired) electrons. The molecule has 2 aliphatic heterocycles. The Morgan fingerprint density at radius 2 is 2.00 bits per heavy atom. The minimum Gasteiger partial charge on any atom is -0.458 e. The summed E-state index contributed by atoms with van der Waals surface area (Å²) in [4.78, 5) is 52.6. The van der Waals surface area contributed by atoms with E-state index in [9.17, 15) is 24.3 Å². The maximum absolute atomic E-state index is 13.0. The lowest BCUT2D eigenvalue weighted by Gasteiger charge is -2.39. The molecule has 0 aromatic heterocycles. The second kappa shape index (κ2) is 9.67. The number of esters is 3. The van der Waals surface area contributed by atoms with Gasteiger partial charge >= 0.3 is 17.9 Å². The number of nitrogens with zero attached hydrogens (tertiary/aromatic N) is 1. The third-order valence-electron chi connectivity index (χ3n) is 5.97. The normalized spacial score (nSPS) is 36.4. The van der Waals surface area contributed by atoms with Gasteiger partial charge < -0.3 is 24.2 Å². The van der Waals surface area contributed by atoms with Crippen molar-refractivity contribution in [3.63, 3.8) is 0 Å². The summed E-state index contributed by atoms with van der Waals surface area (Å²) in [5, 5.41) is 10.0. The maximum atomic E-state index is 13.0. The Kier molecular flexibility index (Phi) is 7.89. The molecule has 2 heterocycles. The number of carbonyl (C=O) groups is 4. The second-order valence-corrected chi connectivity index (χ2v) is 9.12. The lowest BCUT2D eigenvalue weighted by molar-refractivity contribution is -0.192. The van der Waals surface area contributed by atoms with E-state index in [2.05, 4.69) is 0 Å². The third-order valence-corrected chi connectivity index (χ3v) is 6.33. The Bertz CT molecular complexity index is 781. The highest BCUT2D eigenvalue weighted by molar-refractivity contribution is 6.23. The van der Waals surface area contributed by atoms with E-state index >= 15 is 0 Å². The SMILES string of the molecule is CC(=O)O[C@]1(C)C(=O)OC/C2=C/CN(C)CC[C@@H](OC(=O)C(O)(C(C)Cl)C[C@H]1C)C2=O. The van der Waals surface area contributed by atoms with E-state index in [-0.39, 0.29) is 25.0 Å². The van der Waals surface area contributed by atoms with Gasteiger partial charge in [0.2, 0.25) is 11.4 Å². The number of fused-ring (bicyclic) bond motifs is 2. The molecule has 0 spiro atoms. The van der Waals surface area contributed by atoms with Gasteiger partial charge in [-0.1, -0.05) is 13.0 Å². The average molecular weight is 460 g/mol. The van der Waals surface area contributed by atoms with Crippen LogP contribution in [0.3, 0.4) is 0 Å². The molecule has 0 aromatic rings. The van der Waals surface area contributed by atoms with E-state index in [0.717, 1.165) is 6.92 Å². The van der Waals surface area contributed by atoms with E-state index in [1.165, 1.54) is 20.8 Å². The summed E-state index contributed by atoms with van der Waals surface area (Å²) in [5.74, 6) is -4.09. The molecule has 2 bridgehead atoms. The summed E-state index contributed by atoms with van der Waals surface area (Å²) in [5.41, 5.74) is -3.91. The van der Waals surface area contributed by atoms with Gasteiger partial charge in [0, 0.05) is 37.9 Å². The largest absolute Gasteiger partial charge is 0.458 e. The first kappa shape index (κ1) is 25.3. The number of likely N-dealkylation sites (N-methyl/N-ethyl adjacent to an activating group) is 1. The molecule has 10 heteroatoms. The first-order chi connectivity index (χ1) is 14.3. The maximum Gasteiger partial charge on any atom is 0.350 e. The molecule has 0 aliphatic carbocycles. The van der Waals surface area contributed by atoms with Crippen LogP contribution in [0.2, 0.25) is 0 Å². The van der Waals surface area contributed by atoms with Gasteiger partial charge in [0.25, 0.3) is 0 Å². The minimum absolute atomic E-state index is 0.151. The average Bonchev–Trinajstić information content (AvgIpc) is 2.67. The van der Waals surface area contributed by atoms with Crippen molar-refractivity contribution in [2.75, 3.05) is 26.7 Å². The molecule has 2 unspecified atom stereocenters. The lowest BCUT2D eigenvalue weighted by Crippen LogP contribution is -2.56. The molecular weight excluding hydrogens is 430 g/mol. The van der Waals surface area contributed by atoms with Gasteiger partial charge in [0.1, 0.15) is 6.61 Å². The van der Waals surface area contributed by atoms with Gasteiger partial charge in [-0.3, -0.25) is 9.59 Å². The molecule has 2 rings (SSSR count). The standard InChI is InChI=1S/C21H30ClNO8/c1-12-10-21(28,13(2)22)19(27)30-16-7-9-23(5)8-6-15(17(16)25)11-29-18(26)20(12,4)31-14(3)24/h6,12-13,16,28H,7-11H2,1-5H3/b15-6-/t12-,13?,16-,20+,21?/m1/s1. The zero-order valence-corrected chi connectivity index (χ0v) is 19.2. The fourth-order valence-corrected chi connectivity index (χ4v) is 3.78. The Balaban J connectivity index is 2.56. The quantitative estimate of drug-likeness (QED) is 0.366. The molecule has 9 nitrogen and oxygen atoms in total. The van der Waals surface area contributed by atoms with Crippen LogP contribution in [0, 0.1) is 5.92 Å². The summed E-state index contributed by atoms with van der Waals surface area (Å²) >= 11 is 6.16. The number of hydrogen-bond acceptors (Lipinski definition) is 9. The molecule has 1 N–H and O–H groups in total. The number of rotatable bonds is 2. The van der Waals surface area contributed by atoms with Gasteiger partial charge in [-0.15, -0.1) is 11.6 Å². The number of ether oxygens (including phenoxy) is 3. The Hall–Kier alpha value is -1.97. The van der Waals surface area contributed by atoms with Crippen LogP contribution in [0.1, 0.15) is 40.5 Å². The molecule has 2 aliphatic rings. The highest BCUT2D eigenvalue weighted by atomic mass is 35.5. The van der Waals surface area contributed by atoms with Crippen molar-refractivity contribution in [2.24, 2.45) is 5.92 Å². The van der Waals surface area contributed by atoms with Crippen molar-refractivity contribution < 1.29 is 38.5 Å². The minimum atomic E-state index is -2.24. The molecule has 1 fully saturated rings. The van der Waals surface area contributed by atoms with Crippen molar-refractivity contribution in [3.05, 3.63) is 11.6 Å². The van der Waals surface area contributed by atoms with Crippen LogP contribution < -0.4 is 0 Å². The van der Waals surface area contributed by atoms with Crippen molar-refractivity contribution in [1.29, 1.82) is 0 Å². The van der Waals surface area contributed by atoms with Crippen LogP contribution in [-0.2, 0) is 33.4 Å². The number of carbonyl (C=O) groups excluding carboxylic acids is 4. The lowest BCUT2D eigenvalue weighted by atomic mass is 9.79. The predicted molar refractivity (Wildman–Crippen MR) is 110 cm³/mol. The van der Waals surface area contributed by atoms with Crippen molar-refractivity contribution in [2.45, 2.75) is 63.2 Å². The Morgan fingerprint density at radius 1 is 1.35 bits per heavy atom. The number of alkyl halides is 1. The third kappa shape index (κ3) is 5.45. The number of cyclic esters (lactones) is 1. The first-order valence-corrected chi connectivity index (χ1v) is 10.6. The first-order valence-electron chi connectivity index (χ1n) is 10.2. The van der Waals surface area contributed by atoms with Crippen molar-refractivity contribution in [3.8, 4) is 0 Å². The molecule has 5 atom stereocenters. The number of Topliss-reactive ketones (excluding diaryl/α,β-unsaturated/α-hetero) is 1. The smallest absolute Gasteiger partial charge is 0.350 e. The summed E-state index contributed by atoms with van der Waals surface area (Å²) in [7, 11) is 1.83. The summed E-state index contributed by atoms with van der Waals surface area (Å²) in [6, 6.07) is 0. The molecule has 174 valence electrons. The molecule has 0 aromatic carbocycles. The Morgan fingerprint density at radius 3 is 2.58 bits per heavy atom. The van der Waals surface area contributed by atoms with Crippen LogP contribution in [0.15, 0.2) is 11.6 Å². The highest BCUT2D eigenvalue weighted by Crippen LogP contribution is 2.35.